The number of piperidine rings is 2. The van der Waals surface area contributed by atoms with Crippen LogP contribution in [0.5, 0.6) is 5.75 Å². The Morgan fingerprint density at radius 3 is 2.65 bits per heavy atom. The van der Waals surface area contributed by atoms with Gasteiger partial charge in [0.05, 0.1) is 12.0 Å². The molecule has 4 fully saturated rings. The number of esters is 1. The second kappa shape index (κ2) is 9.22. The summed E-state index contributed by atoms with van der Waals surface area (Å²) in [5.74, 6) is 2.69. The van der Waals surface area contributed by atoms with Crippen molar-refractivity contribution < 1.29 is 14.6 Å². The van der Waals surface area contributed by atoms with Crippen molar-refractivity contribution in [1.29, 1.82) is 0 Å². The van der Waals surface area contributed by atoms with Gasteiger partial charge in [-0.25, -0.2) is 0 Å². The van der Waals surface area contributed by atoms with Crippen LogP contribution in [0, 0.1) is 23.2 Å². The van der Waals surface area contributed by atoms with E-state index >= 15 is 0 Å². The summed E-state index contributed by atoms with van der Waals surface area (Å²) in [7, 11) is 0. The van der Waals surface area contributed by atoms with Crippen molar-refractivity contribution in [2.45, 2.75) is 89.2 Å². The normalized spacial score (nSPS) is 37.0. The van der Waals surface area contributed by atoms with Crippen molar-refractivity contribution in [2.24, 2.45) is 23.2 Å². The van der Waals surface area contributed by atoms with E-state index in [1.165, 1.54) is 43.2 Å². The number of benzene rings is 1. The molecule has 2 N–H and O–H groups in total. The van der Waals surface area contributed by atoms with Crippen LogP contribution < -0.4 is 10.1 Å². The number of likely N-dealkylation sites (tertiary alicyclic amines) is 1. The molecule has 0 bridgehead atoms. The molecule has 186 valence electrons. The molecule has 5 heteroatoms. The van der Waals surface area contributed by atoms with E-state index in [1.807, 2.05) is 6.07 Å². The first kappa shape index (κ1) is 23.0. The molecular formula is C29H42N2O3. The van der Waals surface area contributed by atoms with E-state index in [1.54, 1.807) is 0 Å². The van der Waals surface area contributed by atoms with Crippen LogP contribution in [0.1, 0.15) is 81.8 Å². The first-order chi connectivity index (χ1) is 16.5. The molecule has 2 aliphatic heterocycles. The second-order valence-electron chi connectivity index (χ2n) is 12.1. The van der Waals surface area contributed by atoms with Gasteiger partial charge in [-0.15, -0.1) is 0 Å². The van der Waals surface area contributed by atoms with Crippen molar-refractivity contribution in [2.75, 3.05) is 26.2 Å². The summed E-state index contributed by atoms with van der Waals surface area (Å²) in [5, 5.41) is 14.1. The zero-order chi connectivity index (χ0) is 23.3. The molecule has 2 heterocycles. The Balaban J connectivity index is 1.08. The topological polar surface area (TPSA) is 61.8 Å². The van der Waals surface area contributed by atoms with Gasteiger partial charge in [-0.05, 0) is 137 Å². The van der Waals surface area contributed by atoms with Crippen molar-refractivity contribution in [3.05, 3.63) is 29.3 Å². The zero-order valence-electron chi connectivity index (χ0n) is 20.8. The second-order valence-corrected chi connectivity index (χ2v) is 12.1. The Kier molecular flexibility index (Phi) is 6.24. The van der Waals surface area contributed by atoms with Crippen molar-refractivity contribution in [3.8, 4) is 5.75 Å². The van der Waals surface area contributed by atoms with E-state index in [0.29, 0.717) is 23.8 Å². The Labute approximate surface area is 204 Å². The van der Waals surface area contributed by atoms with Crippen LogP contribution in [0.3, 0.4) is 0 Å². The summed E-state index contributed by atoms with van der Waals surface area (Å²) in [5.41, 5.74) is 2.99. The number of aliphatic hydroxyl groups is 1. The van der Waals surface area contributed by atoms with Crippen LogP contribution in [-0.2, 0) is 11.2 Å². The Morgan fingerprint density at radius 1 is 1.06 bits per heavy atom. The molecule has 0 amide bonds. The number of aryl methyl sites for hydroxylation is 1. The number of ether oxygens (including phenoxy) is 1. The monoisotopic (exact) mass is 466 g/mol. The SMILES string of the molecule is C[C@]12CC[C@@H]3c4ccc(OC(=O)C5CCN(C6CCNCC6)CC5)cc4CC[C@H]3[C@@H]1CC[C@@H]2O. The van der Waals surface area contributed by atoms with Gasteiger partial charge in [0.25, 0.3) is 0 Å². The number of nitrogens with one attached hydrogen (secondary N) is 1. The molecule has 0 spiro atoms. The first-order valence-electron chi connectivity index (χ1n) is 14.0. The van der Waals surface area contributed by atoms with Gasteiger partial charge in [-0.3, -0.25) is 4.79 Å². The fourth-order valence-corrected chi connectivity index (χ4v) is 8.47. The number of carbonyl (C=O) groups excluding carboxylic acids is 1. The lowest BCUT2D eigenvalue weighted by atomic mass is 9.55. The number of rotatable bonds is 3. The third kappa shape index (κ3) is 4.02. The maximum absolute atomic E-state index is 13.0. The molecule has 5 atom stereocenters. The maximum atomic E-state index is 13.0. The fourth-order valence-electron chi connectivity index (χ4n) is 8.47. The van der Waals surface area contributed by atoms with E-state index in [0.717, 1.165) is 64.0 Å². The molecule has 3 aliphatic carbocycles. The Bertz CT molecular complexity index is 905. The predicted octanol–water partition coefficient (Wildman–Crippen LogP) is 4.27. The molecule has 1 aromatic carbocycles. The molecule has 34 heavy (non-hydrogen) atoms. The standard InChI is InChI=1S/C29H42N2O3/c1-29-13-8-24-23-5-3-22(18-20(23)2-4-25(24)26(29)6-7-27(29)32)34-28(33)19-11-16-31(17-12-19)21-9-14-30-15-10-21/h3,5,18-19,21,24-27,30,32H,2,4,6-17H2,1H3/t24-,25-,26+,27+,29+/m1/s1. The Morgan fingerprint density at radius 2 is 1.85 bits per heavy atom. The molecule has 0 aromatic heterocycles. The van der Waals surface area contributed by atoms with Gasteiger partial charge in [0.2, 0.25) is 0 Å². The summed E-state index contributed by atoms with van der Waals surface area (Å²) in [6.45, 7) is 6.61. The lowest BCUT2D eigenvalue weighted by Gasteiger charge is -2.50. The maximum Gasteiger partial charge on any atom is 0.314 e. The minimum atomic E-state index is -0.117. The molecular weight excluding hydrogens is 424 g/mol. The number of fused-ring (bicyclic) bond motifs is 5. The van der Waals surface area contributed by atoms with Crippen LogP contribution in [0.25, 0.3) is 0 Å². The lowest BCUT2D eigenvalue weighted by Crippen LogP contribution is -2.47. The minimum Gasteiger partial charge on any atom is -0.426 e. The predicted molar refractivity (Wildman–Crippen MR) is 133 cm³/mol. The zero-order valence-corrected chi connectivity index (χ0v) is 20.8. The van der Waals surface area contributed by atoms with E-state index < -0.39 is 0 Å². The van der Waals surface area contributed by atoms with Crippen molar-refractivity contribution >= 4 is 5.97 Å². The van der Waals surface area contributed by atoms with Gasteiger partial charge < -0.3 is 20.1 Å². The molecule has 0 radical (unpaired) electrons. The first-order valence-corrected chi connectivity index (χ1v) is 14.0. The number of carbonyl (C=O) groups is 1. The highest BCUT2D eigenvalue weighted by atomic mass is 16.5. The molecule has 2 saturated heterocycles. The molecule has 6 rings (SSSR count). The average Bonchev–Trinajstić information content (AvgIpc) is 3.18. The number of hydrogen-bond donors (Lipinski definition) is 2. The van der Waals surface area contributed by atoms with Crippen molar-refractivity contribution in [3.63, 3.8) is 0 Å². The highest BCUT2D eigenvalue weighted by Crippen LogP contribution is 2.60. The van der Waals surface area contributed by atoms with Gasteiger partial charge >= 0.3 is 5.97 Å². The highest BCUT2D eigenvalue weighted by molar-refractivity contribution is 5.75. The van der Waals surface area contributed by atoms with Crippen LogP contribution in [0.15, 0.2) is 18.2 Å². The van der Waals surface area contributed by atoms with E-state index in [-0.39, 0.29) is 23.4 Å². The third-order valence-corrected chi connectivity index (χ3v) is 10.6. The summed E-state index contributed by atoms with van der Waals surface area (Å²) in [6, 6.07) is 7.14. The number of hydrogen-bond acceptors (Lipinski definition) is 5. The highest BCUT2D eigenvalue weighted by Gasteiger charge is 2.54. The van der Waals surface area contributed by atoms with E-state index in [2.05, 4.69) is 29.3 Å². The minimum absolute atomic E-state index is 0.0307. The summed E-state index contributed by atoms with van der Waals surface area (Å²) >= 11 is 0. The summed E-state index contributed by atoms with van der Waals surface area (Å²) in [4.78, 5) is 15.6. The van der Waals surface area contributed by atoms with Crippen LogP contribution in [-0.4, -0.2) is 54.3 Å². The molecule has 2 saturated carbocycles. The summed E-state index contributed by atoms with van der Waals surface area (Å²) in [6.07, 6.45) is 10.9. The molecule has 5 nitrogen and oxygen atoms in total. The molecule has 0 unspecified atom stereocenters. The van der Waals surface area contributed by atoms with E-state index in [4.69, 9.17) is 4.74 Å². The van der Waals surface area contributed by atoms with Gasteiger partial charge in [0.1, 0.15) is 5.75 Å². The van der Waals surface area contributed by atoms with Gasteiger partial charge in [-0.2, -0.15) is 0 Å². The van der Waals surface area contributed by atoms with E-state index in [9.17, 15) is 9.90 Å². The van der Waals surface area contributed by atoms with Gasteiger partial charge in [0, 0.05) is 6.04 Å². The number of aliphatic hydroxyl groups excluding tert-OH is 1. The van der Waals surface area contributed by atoms with Crippen LogP contribution in [0.2, 0.25) is 0 Å². The fraction of sp³-hybridized carbons (Fsp3) is 0.759. The quantitative estimate of drug-likeness (QED) is 0.515. The molecule has 5 aliphatic rings. The van der Waals surface area contributed by atoms with Crippen LogP contribution in [0.4, 0.5) is 0 Å². The van der Waals surface area contributed by atoms with Gasteiger partial charge in [-0.1, -0.05) is 13.0 Å². The number of nitrogens with zero attached hydrogens (tertiary/aromatic N) is 1. The average molecular weight is 467 g/mol. The van der Waals surface area contributed by atoms with Gasteiger partial charge in [0.15, 0.2) is 0 Å². The smallest absolute Gasteiger partial charge is 0.314 e. The van der Waals surface area contributed by atoms with Crippen molar-refractivity contribution in [1.82, 2.24) is 10.2 Å². The lowest BCUT2D eigenvalue weighted by molar-refractivity contribution is -0.140. The Hall–Kier alpha value is -1.43. The van der Waals surface area contributed by atoms with Crippen LogP contribution >= 0.6 is 0 Å². The third-order valence-electron chi connectivity index (χ3n) is 10.6. The largest absolute Gasteiger partial charge is 0.426 e. The summed E-state index contributed by atoms with van der Waals surface area (Å²) < 4.78 is 5.94. The molecule has 1 aromatic rings.